The van der Waals surface area contributed by atoms with Crippen molar-refractivity contribution >= 4 is 14.5 Å². The second kappa shape index (κ2) is 11.2. The number of unbranched alkanes of at least 4 members (excludes halogenated alkanes) is 1. The second-order valence-corrected chi connectivity index (χ2v) is 7.75. The number of esters is 1. The average Bonchev–Trinajstić information content (AvgIpc) is 2.39. The van der Waals surface area contributed by atoms with Crippen molar-refractivity contribution in [1.82, 2.24) is 0 Å². The summed E-state index contributed by atoms with van der Waals surface area (Å²) in [6.07, 6.45) is 4.09. The number of hydrogen-bond acceptors (Lipinski definition) is 4. The first-order valence-electron chi connectivity index (χ1n) is 7.21. The van der Waals surface area contributed by atoms with Crippen LogP contribution in [0.1, 0.15) is 40.0 Å². The van der Waals surface area contributed by atoms with Gasteiger partial charge >= 0.3 is 14.5 Å². The fourth-order valence-corrected chi connectivity index (χ4v) is 5.60. The molecule has 0 spiro atoms. The first-order chi connectivity index (χ1) is 9.14. The molecule has 0 saturated carbocycles. The molecule has 0 fully saturated rings. The molecule has 0 aliphatic carbocycles. The molecule has 0 aliphatic heterocycles. The summed E-state index contributed by atoms with van der Waals surface area (Å²) in [7, 11) is -2.04. The molecule has 4 nitrogen and oxygen atoms in total. The Morgan fingerprint density at radius 3 is 2.21 bits per heavy atom. The van der Waals surface area contributed by atoms with Crippen LogP contribution >= 0.6 is 0 Å². The minimum Gasteiger partial charge on any atom is -0.463 e. The molecule has 0 aromatic heterocycles. The summed E-state index contributed by atoms with van der Waals surface area (Å²) in [6, 6.07) is 2.00. The van der Waals surface area contributed by atoms with E-state index in [2.05, 4.69) is 13.5 Å². The molecule has 0 amide bonds. The summed E-state index contributed by atoms with van der Waals surface area (Å²) < 4.78 is 16.9. The summed E-state index contributed by atoms with van der Waals surface area (Å²) in [5.74, 6) is -0.355. The predicted octanol–water partition coefficient (Wildman–Crippen LogP) is 3.42. The molecular weight excluding hydrogens is 260 g/mol. The lowest BCUT2D eigenvalue weighted by Gasteiger charge is -2.29. The molecule has 112 valence electrons. The zero-order chi connectivity index (χ0) is 14.6. The largest absolute Gasteiger partial charge is 0.463 e. The van der Waals surface area contributed by atoms with Gasteiger partial charge in [-0.1, -0.05) is 19.9 Å². The van der Waals surface area contributed by atoms with Gasteiger partial charge in [-0.2, -0.15) is 0 Å². The van der Waals surface area contributed by atoms with Gasteiger partial charge in [-0.05, 0) is 38.8 Å². The van der Waals surface area contributed by atoms with Crippen LogP contribution in [-0.2, 0) is 18.4 Å². The van der Waals surface area contributed by atoms with Gasteiger partial charge in [0.25, 0.3) is 0 Å². The van der Waals surface area contributed by atoms with Crippen LogP contribution in [0.2, 0.25) is 12.1 Å². The van der Waals surface area contributed by atoms with Crippen LogP contribution in [0, 0.1) is 0 Å². The quantitative estimate of drug-likeness (QED) is 0.239. The fourth-order valence-electron chi connectivity index (χ4n) is 2.09. The smallest absolute Gasteiger partial charge is 0.338 e. The first-order valence-corrected chi connectivity index (χ1v) is 9.44. The van der Waals surface area contributed by atoms with E-state index in [9.17, 15) is 4.79 Å². The van der Waals surface area contributed by atoms with E-state index in [4.69, 9.17) is 13.6 Å². The van der Waals surface area contributed by atoms with Crippen molar-refractivity contribution in [3.63, 3.8) is 0 Å². The van der Waals surface area contributed by atoms with Crippen molar-refractivity contribution in [3.05, 3.63) is 12.7 Å². The molecule has 0 unspecified atom stereocenters. The highest BCUT2D eigenvalue weighted by molar-refractivity contribution is 6.67. The van der Waals surface area contributed by atoms with E-state index in [1.807, 2.05) is 13.8 Å². The SMILES string of the molecule is C=CC(=O)OCCCC[Si](CCC)(OCC)OCC. The Labute approximate surface area is 118 Å². The third-order valence-corrected chi connectivity index (χ3v) is 6.82. The Bertz CT molecular complexity index is 239. The van der Waals surface area contributed by atoms with E-state index in [1.165, 1.54) is 6.08 Å². The van der Waals surface area contributed by atoms with E-state index in [1.54, 1.807) is 0 Å². The van der Waals surface area contributed by atoms with Gasteiger partial charge in [-0.3, -0.25) is 0 Å². The lowest BCUT2D eigenvalue weighted by molar-refractivity contribution is -0.137. The monoisotopic (exact) mass is 288 g/mol. The summed E-state index contributed by atoms with van der Waals surface area (Å²) in [6.45, 7) is 11.4. The Balaban J connectivity index is 4.09. The van der Waals surface area contributed by atoms with Gasteiger partial charge in [-0.25, -0.2) is 4.79 Å². The van der Waals surface area contributed by atoms with Crippen molar-refractivity contribution < 1.29 is 18.4 Å². The summed E-state index contributed by atoms with van der Waals surface area (Å²) in [4.78, 5) is 10.9. The van der Waals surface area contributed by atoms with Gasteiger partial charge in [0, 0.05) is 19.3 Å². The molecule has 0 radical (unpaired) electrons. The van der Waals surface area contributed by atoms with Crippen LogP contribution in [0.5, 0.6) is 0 Å². The van der Waals surface area contributed by atoms with Crippen LogP contribution < -0.4 is 0 Å². The third kappa shape index (κ3) is 8.18. The van der Waals surface area contributed by atoms with Gasteiger partial charge in [0.2, 0.25) is 0 Å². The van der Waals surface area contributed by atoms with Gasteiger partial charge < -0.3 is 13.6 Å². The molecule has 0 saturated heterocycles. The van der Waals surface area contributed by atoms with Gasteiger partial charge in [-0.15, -0.1) is 0 Å². The van der Waals surface area contributed by atoms with E-state index in [0.717, 1.165) is 31.4 Å². The molecule has 0 bridgehead atoms. The molecule has 0 atom stereocenters. The molecule has 0 aromatic carbocycles. The number of carbonyl (C=O) groups is 1. The Morgan fingerprint density at radius 2 is 1.74 bits per heavy atom. The lowest BCUT2D eigenvalue weighted by atomic mass is 10.4. The van der Waals surface area contributed by atoms with Crippen LogP contribution in [-0.4, -0.2) is 34.4 Å². The molecule has 0 N–H and O–H groups in total. The highest BCUT2D eigenvalue weighted by Gasteiger charge is 2.35. The van der Waals surface area contributed by atoms with Crippen LogP contribution in [0.25, 0.3) is 0 Å². The second-order valence-electron chi connectivity index (χ2n) is 4.36. The maximum atomic E-state index is 10.9. The first kappa shape index (κ1) is 18.3. The van der Waals surface area contributed by atoms with E-state index in [-0.39, 0.29) is 5.97 Å². The Morgan fingerprint density at radius 1 is 1.11 bits per heavy atom. The van der Waals surface area contributed by atoms with Gasteiger partial charge in [0.05, 0.1) is 6.61 Å². The third-order valence-electron chi connectivity index (χ3n) is 2.81. The fraction of sp³-hybridized carbons (Fsp3) is 0.786. The van der Waals surface area contributed by atoms with E-state index >= 15 is 0 Å². The van der Waals surface area contributed by atoms with Crippen LogP contribution in [0.4, 0.5) is 0 Å². The van der Waals surface area contributed by atoms with Crippen LogP contribution in [0.15, 0.2) is 12.7 Å². The summed E-state index contributed by atoms with van der Waals surface area (Å²) in [5, 5.41) is 0. The number of rotatable bonds is 12. The standard InChI is InChI=1S/C14H28O4Si/c1-5-12-19(17-7-3,18-8-4)13-10-9-11-16-14(15)6-2/h6H,2,5,7-13H2,1,3-4H3. The van der Waals surface area contributed by atoms with Gasteiger partial charge in [0.15, 0.2) is 0 Å². The number of ether oxygens (including phenoxy) is 1. The minimum absolute atomic E-state index is 0.355. The Kier molecular flexibility index (Phi) is 10.8. The highest BCUT2D eigenvalue weighted by Crippen LogP contribution is 2.23. The Hall–Kier alpha value is -0.653. The van der Waals surface area contributed by atoms with Crippen LogP contribution in [0.3, 0.4) is 0 Å². The van der Waals surface area contributed by atoms with Crippen molar-refractivity contribution in [2.75, 3.05) is 19.8 Å². The molecule has 0 aromatic rings. The topological polar surface area (TPSA) is 44.8 Å². The molecular formula is C14H28O4Si. The predicted molar refractivity (Wildman–Crippen MR) is 79.3 cm³/mol. The van der Waals surface area contributed by atoms with Crippen molar-refractivity contribution in [2.45, 2.75) is 52.1 Å². The lowest BCUT2D eigenvalue weighted by Crippen LogP contribution is -2.42. The van der Waals surface area contributed by atoms with Crippen molar-refractivity contribution in [2.24, 2.45) is 0 Å². The molecule has 19 heavy (non-hydrogen) atoms. The summed E-state index contributed by atoms with van der Waals surface area (Å²) in [5.41, 5.74) is 0. The maximum absolute atomic E-state index is 10.9. The van der Waals surface area contributed by atoms with E-state index in [0.29, 0.717) is 19.8 Å². The normalized spacial score (nSPS) is 11.3. The van der Waals surface area contributed by atoms with E-state index < -0.39 is 8.56 Å². The highest BCUT2D eigenvalue weighted by atomic mass is 28.4. The zero-order valence-electron chi connectivity index (χ0n) is 12.6. The van der Waals surface area contributed by atoms with Gasteiger partial charge in [0.1, 0.15) is 0 Å². The molecule has 0 rings (SSSR count). The molecule has 0 heterocycles. The molecule has 5 heteroatoms. The minimum atomic E-state index is -2.04. The molecule has 0 aliphatic rings. The number of hydrogen-bond donors (Lipinski definition) is 0. The number of carbonyl (C=O) groups excluding carboxylic acids is 1. The zero-order valence-corrected chi connectivity index (χ0v) is 13.6. The van der Waals surface area contributed by atoms with Crippen molar-refractivity contribution in [1.29, 1.82) is 0 Å². The summed E-state index contributed by atoms with van der Waals surface area (Å²) >= 11 is 0. The van der Waals surface area contributed by atoms with Crippen molar-refractivity contribution in [3.8, 4) is 0 Å². The average molecular weight is 288 g/mol. The maximum Gasteiger partial charge on any atom is 0.338 e.